The molecule has 1 unspecified atom stereocenters. The van der Waals surface area contributed by atoms with E-state index in [-0.39, 0.29) is 17.7 Å². The van der Waals surface area contributed by atoms with Crippen molar-refractivity contribution in [2.24, 2.45) is 0 Å². The molecule has 1 N–H and O–H groups in total. The van der Waals surface area contributed by atoms with Crippen molar-refractivity contribution in [2.75, 3.05) is 13.7 Å². The van der Waals surface area contributed by atoms with Gasteiger partial charge in [0.1, 0.15) is 11.3 Å². The van der Waals surface area contributed by atoms with Gasteiger partial charge in [-0.05, 0) is 51.5 Å². The van der Waals surface area contributed by atoms with E-state index in [4.69, 9.17) is 13.9 Å². The number of benzene rings is 2. The molecule has 0 aliphatic rings. The van der Waals surface area contributed by atoms with E-state index in [0.717, 1.165) is 22.3 Å². The summed E-state index contributed by atoms with van der Waals surface area (Å²) in [5, 5.41) is 4.05. The van der Waals surface area contributed by atoms with E-state index in [9.17, 15) is 9.59 Å². The number of furan rings is 1. The van der Waals surface area contributed by atoms with Gasteiger partial charge in [-0.3, -0.25) is 9.59 Å². The molecule has 0 aliphatic carbocycles. The molecule has 3 aromatic rings. The zero-order valence-corrected chi connectivity index (χ0v) is 17.8. The number of ether oxygens (including phenoxy) is 2. The summed E-state index contributed by atoms with van der Waals surface area (Å²) < 4.78 is 16.9. The van der Waals surface area contributed by atoms with Gasteiger partial charge in [-0.1, -0.05) is 18.2 Å². The van der Waals surface area contributed by atoms with Gasteiger partial charge < -0.3 is 19.2 Å². The molecule has 158 valence electrons. The maximum Gasteiger partial charge on any atom is 0.220 e. The highest BCUT2D eigenvalue weighted by Gasteiger charge is 2.18. The van der Waals surface area contributed by atoms with Gasteiger partial charge in [-0.15, -0.1) is 0 Å². The Hall–Kier alpha value is -3.28. The molecule has 0 fully saturated rings. The summed E-state index contributed by atoms with van der Waals surface area (Å²) >= 11 is 0. The number of Topliss-reactive ketones (excluding diaryl/α,β-unsaturated/α-hetero) is 1. The molecule has 0 saturated heterocycles. The number of carbonyl (C=O) groups excluding carboxylic acids is 2. The van der Waals surface area contributed by atoms with Crippen LogP contribution in [-0.4, -0.2) is 25.4 Å². The highest BCUT2D eigenvalue weighted by molar-refractivity contribution is 5.94. The van der Waals surface area contributed by atoms with Gasteiger partial charge in [0.15, 0.2) is 17.3 Å². The molecule has 30 heavy (non-hydrogen) atoms. The number of hydrogen-bond acceptors (Lipinski definition) is 5. The highest BCUT2D eigenvalue weighted by atomic mass is 16.5. The second-order valence-corrected chi connectivity index (χ2v) is 7.25. The minimum absolute atomic E-state index is 0.0367. The summed E-state index contributed by atoms with van der Waals surface area (Å²) in [6.07, 6.45) is 0.882. The average Bonchev–Trinajstić information content (AvgIpc) is 3.08. The molecule has 0 aliphatic heterocycles. The lowest BCUT2D eigenvalue weighted by Crippen LogP contribution is -2.26. The lowest BCUT2D eigenvalue weighted by atomic mass is 10.1. The summed E-state index contributed by atoms with van der Waals surface area (Å²) in [5.74, 6) is 1.72. The number of amides is 1. The van der Waals surface area contributed by atoms with Crippen molar-refractivity contribution in [3.63, 3.8) is 0 Å². The quantitative estimate of drug-likeness (QED) is 0.398. The van der Waals surface area contributed by atoms with Crippen molar-refractivity contribution in [3.8, 4) is 11.5 Å². The first-order valence-electron chi connectivity index (χ1n) is 10.00. The molecule has 0 bridgehead atoms. The van der Waals surface area contributed by atoms with Gasteiger partial charge >= 0.3 is 0 Å². The van der Waals surface area contributed by atoms with Gasteiger partial charge in [-0.2, -0.15) is 0 Å². The van der Waals surface area contributed by atoms with E-state index in [0.29, 0.717) is 36.5 Å². The average molecular weight is 409 g/mol. The fraction of sp³-hybridized carbons (Fsp3) is 0.333. The molecule has 0 radical (unpaired) electrons. The van der Waals surface area contributed by atoms with Crippen molar-refractivity contribution in [2.45, 2.75) is 39.7 Å². The Morgan fingerprint density at radius 2 is 1.90 bits per heavy atom. The number of carbonyl (C=O) groups is 2. The largest absolute Gasteiger partial charge is 0.493 e. The van der Waals surface area contributed by atoms with E-state index >= 15 is 0 Å². The molecule has 0 saturated carbocycles. The van der Waals surface area contributed by atoms with Gasteiger partial charge in [0, 0.05) is 22.9 Å². The Morgan fingerprint density at radius 1 is 1.13 bits per heavy atom. The van der Waals surface area contributed by atoms with Crippen LogP contribution in [-0.2, 0) is 4.79 Å². The number of aryl methyl sites for hydroxylation is 1. The van der Waals surface area contributed by atoms with Gasteiger partial charge in [0.2, 0.25) is 5.91 Å². The SMILES string of the molecule is COc1cc(C(C)=O)ccc1OCCCC(=O)NC(C)c1oc2ccccc2c1C. The number of rotatable bonds is 9. The summed E-state index contributed by atoms with van der Waals surface area (Å²) in [6.45, 7) is 5.78. The van der Waals surface area contributed by atoms with Gasteiger partial charge in [0.05, 0.1) is 19.8 Å². The van der Waals surface area contributed by atoms with E-state index in [1.807, 2.05) is 38.1 Å². The van der Waals surface area contributed by atoms with Crippen LogP contribution >= 0.6 is 0 Å². The molecule has 6 nitrogen and oxygen atoms in total. The smallest absolute Gasteiger partial charge is 0.220 e. The number of methoxy groups -OCH3 is 1. The zero-order chi connectivity index (χ0) is 21.7. The second kappa shape index (κ2) is 9.48. The van der Waals surface area contributed by atoms with Crippen LogP contribution in [0.2, 0.25) is 0 Å². The number of ketones is 1. The summed E-state index contributed by atoms with van der Waals surface area (Å²) in [4.78, 5) is 23.8. The highest BCUT2D eigenvalue weighted by Crippen LogP contribution is 2.30. The lowest BCUT2D eigenvalue weighted by Gasteiger charge is -2.14. The molecule has 3 rings (SSSR count). The van der Waals surface area contributed by atoms with Crippen molar-refractivity contribution in [1.82, 2.24) is 5.32 Å². The Kier molecular flexibility index (Phi) is 6.77. The molecule has 0 spiro atoms. The zero-order valence-electron chi connectivity index (χ0n) is 17.8. The van der Waals surface area contributed by atoms with Crippen LogP contribution in [0, 0.1) is 6.92 Å². The fourth-order valence-corrected chi connectivity index (χ4v) is 3.41. The number of para-hydroxylation sites is 1. The molecule has 1 heterocycles. The maximum atomic E-state index is 12.3. The van der Waals surface area contributed by atoms with Crippen LogP contribution in [0.4, 0.5) is 0 Å². The first kappa shape index (κ1) is 21.4. The van der Waals surface area contributed by atoms with E-state index < -0.39 is 0 Å². The third-order valence-corrected chi connectivity index (χ3v) is 5.03. The number of hydrogen-bond donors (Lipinski definition) is 1. The molecule has 2 aromatic carbocycles. The standard InChI is InChI=1S/C24H27NO5/c1-15-19-8-5-6-9-20(19)30-24(15)16(2)25-23(27)10-7-13-29-21-12-11-18(17(3)26)14-22(21)28-4/h5-6,8-9,11-12,14,16H,7,10,13H2,1-4H3,(H,25,27). The van der Waals surface area contributed by atoms with Crippen LogP contribution in [0.1, 0.15) is 54.4 Å². The first-order chi connectivity index (χ1) is 14.4. The Morgan fingerprint density at radius 3 is 2.60 bits per heavy atom. The minimum Gasteiger partial charge on any atom is -0.493 e. The lowest BCUT2D eigenvalue weighted by molar-refractivity contribution is -0.122. The van der Waals surface area contributed by atoms with E-state index in [1.165, 1.54) is 14.0 Å². The third-order valence-electron chi connectivity index (χ3n) is 5.03. The predicted molar refractivity (Wildman–Crippen MR) is 115 cm³/mol. The van der Waals surface area contributed by atoms with Crippen molar-refractivity contribution in [1.29, 1.82) is 0 Å². The van der Waals surface area contributed by atoms with Crippen LogP contribution in [0.3, 0.4) is 0 Å². The van der Waals surface area contributed by atoms with Gasteiger partial charge in [0.25, 0.3) is 0 Å². The van der Waals surface area contributed by atoms with Crippen LogP contribution in [0.25, 0.3) is 11.0 Å². The molecule has 1 atom stereocenters. The topological polar surface area (TPSA) is 77.8 Å². The molecule has 6 heteroatoms. The number of fused-ring (bicyclic) bond motifs is 1. The van der Waals surface area contributed by atoms with Crippen LogP contribution in [0.5, 0.6) is 11.5 Å². The van der Waals surface area contributed by atoms with Gasteiger partial charge in [-0.25, -0.2) is 0 Å². The van der Waals surface area contributed by atoms with Crippen LogP contribution < -0.4 is 14.8 Å². The fourth-order valence-electron chi connectivity index (χ4n) is 3.41. The monoisotopic (exact) mass is 409 g/mol. The molecule has 1 aromatic heterocycles. The maximum absolute atomic E-state index is 12.3. The minimum atomic E-state index is -0.218. The summed E-state index contributed by atoms with van der Waals surface area (Å²) in [7, 11) is 1.53. The van der Waals surface area contributed by atoms with Crippen molar-refractivity contribution in [3.05, 3.63) is 59.4 Å². The Labute approximate surface area is 176 Å². The normalized spacial score (nSPS) is 11.9. The molecular weight excluding hydrogens is 382 g/mol. The van der Waals surface area contributed by atoms with E-state index in [2.05, 4.69) is 5.32 Å². The summed E-state index contributed by atoms with van der Waals surface area (Å²) in [6, 6.07) is 12.7. The van der Waals surface area contributed by atoms with E-state index in [1.54, 1.807) is 18.2 Å². The molecule has 1 amide bonds. The van der Waals surface area contributed by atoms with Crippen molar-refractivity contribution < 1.29 is 23.5 Å². The second-order valence-electron chi connectivity index (χ2n) is 7.25. The Balaban J connectivity index is 1.50. The summed E-state index contributed by atoms with van der Waals surface area (Å²) in [5.41, 5.74) is 2.43. The van der Waals surface area contributed by atoms with Crippen molar-refractivity contribution >= 4 is 22.7 Å². The first-order valence-corrected chi connectivity index (χ1v) is 10.00. The third kappa shape index (κ3) is 4.82. The predicted octanol–water partition coefficient (Wildman–Crippen LogP) is 4.99. The Bertz CT molecular complexity index is 1050. The van der Waals surface area contributed by atoms with Crippen LogP contribution in [0.15, 0.2) is 46.9 Å². The number of nitrogens with one attached hydrogen (secondary N) is 1. The molecular formula is C24H27NO5.